The molecular weight excluding hydrogens is 276 g/mol. The summed E-state index contributed by atoms with van der Waals surface area (Å²) < 4.78 is 5.19. The first-order valence-corrected chi connectivity index (χ1v) is 8.42. The van der Waals surface area contributed by atoms with Gasteiger partial charge >= 0.3 is 0 Å². The topological polar surface area (TPSA) is 42.4 Å². The van der Waals surface area contributed by atoms with Crippen LogP contribution in [-0.4, -0.2) is 36.1 Å². The molecule has 1 spiro atoms. The van der Waals surface area contributed by atoms with Crippen molar-refractivity contribution in [1.29, 1.82) is 0 Å². The van der Waals surface area contributed by atoms with Crippen LogP contribution in [0.25, 0.3) is 0 Å². The van der Waals surface area contributed by atoms with Gasteiger partial charge in [0, 0.05) is 38.5 Å². The van der Waals surface area contributed by atoms with E-state index in [4.69, 9.17) is 4.74 Å². The van der Waals surface area contributed by atoms with Crippen molar-refractivity contribution in [2.45, 2.75) is 45.1 Å². The third-order valence-electron chi connectivity index (χ3n) is 5.31. The normalized spacial score (nSPS) is 22.5. The number of methoxy groups -OCH3 is 1. The molecule has 0 unspecified atom stereocenters. The number of rotatable bonds is 6. The maximum Gasteiger partial charge on any atom is 0.226 e. The summed E-state index contributed by atoms with van der Waals surface area (Å²) >= 11 is 0. The van der Waals surface area contributed by atoms with Crippen molar-refractivity contribution in [3.05, 3.63) is 30.1 Å². The van der Waals surface area contributed by atoms with Gasteiger partial charge in [-0.05, 0) is 36.3 Å². The monoisotopic (exact) mass is 302 g/mol. The number of nitrogens with zero attached hydrogens (tertiary/aromatic N) is 2. The first kappa shape index (κ1) is 15.5. The molecule has 1 aromatic heterocycles. The highest BCUT2D eigenvalue weighted by Gasteiger charge is 2.58. The van der Waals surface area contributed by atoms with Crippen LogP contribution in [0.5, 0.6) is 0 Å². The Morgan fingerprint density at radius 3 is 2.91 bits per heavy atom. The molecule has 2 fully saturated rings. The molecule has 1 amide bonds. The van der Waals surface area contributed by atoms with Crippen LogP contribution in [0, 0.1) is 11.3 Å². The maximum absolute atomic E-state index is 12.9. The van der Waals surface area contributed by atoms with E-state index < -0.39 is 0 Å². The Morgan fingerprint density at radius 2 is 2.23 bits per heavy atom. The zero-order valence-corrected chi connectivity index (χ0v) is 13.5. The Labute approximate surface area is 132 Å². The fourth-order valence-electron chi connectivity index (χ4n) is 3.91. The van der Waals surface area contributed by atoms with Crippen molar-refractivity contribution in [2.24, 2.45) is 11.3 Å². The van der Waals surface area contributed by atoms with E-state index in [0.29, 0.717) is 31.0 Å². The van der Waals surface area contributed by atoms with Crippen LogP contribution in [0.1, 0.15) is 44.1 Å². The Hall–Kier alpha value is -1.42. The summed E-state index contributed by atoms with van der Waals surface area (Å²) in [6, 6.07) is 3.96. The van der Waals surface area contributed by atoms with E-state index in [1.807, 2.05) is 23.2 Å². The second-order valence-corrected chi connectivity index (χ2v) is 6.79. The van der Waals surface area contributed by atoms with E-state index >= 15 is 0 Å². The number of carbonyl (C=O) groups excluding carboxylic acids is 1. The van der Waals surface area contributed by atoms with E-state index in [1.165, 1.54) is 32.1 Å². The molecule has 3 rings (SSSR count). The number of hydrogen-bond donors (Lipinski definition) is 0. The Bertz CT molecular complexity index is 497. The number of pyridine rings is 1. The summed E-state index contributed by atoms with van der Waals surface area (Å²) in [7, 11) is 1.69. The lowest BCUT2D eigenvalue weighted by Crippen LogP contribution is -2.36. The van der Waals surface area contributed by atoms with Gasteiger partial charge in [0.25, 0.3) is 0 Å². The summed E-state index contributed by atoms with van der Waals surface area (Å²) in [5.74, 6) is 0.573. The van der Waals surface area contributed by atoms with Crippen LogP contribution < -0.4 is 0 Å². The van der Waals surface area contributed by atoms with Crippen molar-refractivity contribution in [1.82, 2.24) is 9.88 Å². The quantitative estimate of drug-likeness (QED) is 0.811. The summed E-state index contributed by atoms with van der Waals surface area (Å²) in [6.45, 7) is 1.89. The van der Waals surface area contributed by atoms with Gasteiger partial charge in [0.15, 0.2) is 0 Å². The third kappa shape index (κ3) is 3.32. The van der Waals surface area contributed by atoms with Crippen molar-refractivity contribution in [3.63, 3.8) is 0 Å². The molecule has 2 saturated carbocycles. The summed E-state index contributed by atoms with van der Waals surface area (Å²) in [5, 5.41) is 0. The van der Waals surface area contributed by atoms with Gasteiger partial charge in [-0.2, -0.15) is 0 Å². The second-order valence-electron chi connectivity index (χ2n) is 6.79. The lowest BCUT2D eigenvalue weighted by atomic mass is 9.84. The molecule has 4 nitrogen and oxygen atoms in total. The number of carbonyl (C=O) groups is 1. The molecule has 1 heterocycles. The third-order valence-corrected chi connectivity index (χ3v) is 5.31. The van der Waals surface area contributed by atoms with Crippen molar-refractivity contribution < 1.29 is 9.53 Å². The van der Waals surface area contributed by atoms with Gasteiger partial charge < -0.3 is 9.64 Å². The number of ether oxygens (including phenoxy) is 1. The van der Waals surface area contributed by atoms with Crippen LogP contribution in [0.3, 0.4) is 0 Å². The molecule has 2 aliphatic rings. The van der Waals surface area contributed by atoms with E-state index in [-0.39, 0.29) is 5.92 Å². The lowest BCUT2D eigenvalue weighted by Gasteiger charge is -2.26. The smallest absolute Gasteiger partial charge is 0.226 e. The van der Waals surface area contributed by atoms with E-state index in [0.717, 1.165) is 12.0 Å². The molecule has 0 aromatic carbocycles. The molecule has 0 saturated heterocycles. The van der Waals surface area contributed by atoms with Gasteiger partial charge in [0.05, 0.1) is 6.61 Å². The molecule has 22 heavy (non-hydrogen) atoms. The van der Waals surface area contributed by atoms with E-state index in [2.05, 4.69) is 4.98 Å². The van der Waals surface area contributed by atoms with Crippen molar-refractivity contribution in [3.8, 4) is 0 Å². The zero-order chi connectivity index (χ0) is 15.4. The number of aromatic nitrogens is 1. The fourth-order valence-corrected chi connectivity index (χ4v) is 3.91. The lowest BCUT2D eigenvalue weighted by molar-refractivity contribution is -0.135. The minimum atomic E-state index is 0.251. The Kier molecular flexibility index (Phi) is 4.77. The van der Waals surface area contributed by atoms with Gasteiger partial charge in [0.2, 0.25) is 5.91 Å². The number of hydrogen-bond acceptors (Lipinski definition) is 3. The molecule has 0 N–H and O–H groups in total. The average Bonchev–Trinajstić information content (AvgIpc) is 3.25. The summed E-state index contributed by atoms with van der Waals surface area (Å²) in [5.41, 5.74) is 1.43. The van der Waals surface area contributed by atoms with Crippen LogP contribution in [0.4, 0.5) is 0 Å². The van der Waals surface area contributed by atoms with Crippen LogP contribution in [-0.2, 0) is 16.1 Å². The van der Waals surface area contributed by atoms with Gasteiger partial charge in [-0.3, -0.25) is 9.78 Å². The minimum absolute atomic E-state index is 0.251. The van der Waals surface area contributed by atoms with Gasteiger partial charge in [-0.1, -0.05) is 25.3 Å². The molecule has 1 aromatic rings. The SMILES string of the molecule is COCCN(Cc1cccnc1)C(=O)[C@@H]1CC12CCCCC2. The fraction of sp³-hybridized carbons (Fsp3) is 0.667. The highest BCUT2D eigenvalue weighted by atomic mass is 16.5. The molecule has 2 aliphatic carbocycles. The molecule has 0 radical (unpaired) electrons. The predicted octanol–water partition coefficient (Wildman–Crippen LogP) is 3.03. The molecule has 120 valence electrons. The van der Waals surface area contributed by atoms with Crippen LogP contribution in [0.2, 0.25) is 0 Å². The van der Waals surface area contributed by atoms with Crippen LogP contribution >= 0.6 is 0 Å². The molecular formula is C18H26N2O2. The zero-order valence-electron chi connectivity index (χ0n) is 13.5. The first-order chi connectivity index (χ1) is 10.7. The predicted molar refractivity (Wildman–Crippen MR) is 85.2 cm³/mol. The van der Waals surface area contributed by atoms with Gasteiger partial charge in [-0.25, -0.2) is 0 Å². The Balaban J connectivity index is 1.65. The highest BCUT2D eigenvalue weighted by Crippen LogP contribution is 2.61. The largest absolute Gasteiger partial charge is 0.383 e. The molecule has 4 heteroatoms. The standard InChI is InChI=1S/C18H26N2O2/c1-22-11-10-20(14-15-6-5-9-19-13-15)17(21)16-12-18(16)7-3-2-4-8-18/h5-6,9,13,16H,2-4,7-8,10-12,14H2,1H3/t16-/m0/s1. The second kappa shape index (κ2) is 6.78. The summed E-state index contributed by atoms with van der Waals surface area (Å²) in [6.07, 6.45) is 11.1. The first-order valence-electron chi connectivity index (χ1n) is 8.42. The number of amides is 1. The van der Waals surface area contributed by atoms with Gasteiger partial charge in [-0.15, -0.1) is 0 Å². The van der Waals surface area contributed by atoms with Crippen molar-refractivity contribution in [2.75, 3.05) is 20.3 Å². The summed E-state index contributed by atoms with van der Waals surface area (Å²) in [4.78, 5) is 19.1. The molecule has 0 aliphatic heterocycles. The van der Waals surface area contributed by atoms with Crippen LogP contribution in [0.15, 0.2) is 24.5 Å². The van der Waals surface area contributed by atoms with E-state index in [1.54, 1.807) is 13.3 Å². The average molecular weight is 302 g/mol. The van der Waals surface area contributed by atoms with Crippen molar-refractivity contribution >= 4 is 5.91 Å². The molecule has 0 bridgehead atoms. The highest BCUT2D eigenvalue weighted by molar-refractivity contribution is 5.82. The Morgan fingerprint density at radius 1 is 1.41 bits per heavy atom. The minimum Gasteiger partial charge on any atom is -0.383 e. The van der Waals surface area contributed by atoms with Gasteiger partial charge in [0.1, 0.15) is 0 Å². The van der Waals surface area contributed by atoms with E-state index in [9.17, 15) is 4.79 Å². The maximum atomic E-state index is 12.9. The molecule has 1 atom stereocenters.